The van der Waals surface area contributed by atoms with Crippen molar-refractivity contribution < 1.29 is 9.47 Å². The number of hydrogen-bond acceptors (Lipinski definition) is 4. The fraction of sp³-hybridized carbons (Fsp3) is 0.647. The van der Waals surface area contributed by atoms with Gasteiger partial charge in [0.1, 0.15) is 0 Å². The zero-order chi connectivity index (χ0) is 14.9. The van der Waals surface area contributed by atoms with Crippen LogP contribution in [0.2, 0.25) is 0 Å². The van der Waals surface area contributed by atoms with Crippen molar-refractivity contribution in [3.05, 3.63) is 29.8 Å². The molecule has 1 unspecified atom stereocenters. The Morgan fingerprint density at radius 1 is 1.14 bits per heavy atom. The quantitative estimate of drug-likeness (QED) is 0.746. The number of para-hydroxylation sites is 1. The molecular weight excluding hydrogens is 264 g/mol. The fourth-order valence-electron chi connectivity index (χ4n) is 2.97. The van der Waals surface area contributed by atoms with E-state index in [-0.39, 0.29) is 0 Å². The van der Waals surface area contributed by atoms with Crippen molar-refractivity contribution in [2.24, 2.45) is 0 Å². The lowest BCUT2D eigenvalue weighted by Gasteiger charge is -2.31. The highest BCUT2D eigenvalue weighted by Crippen LogP contribution is 2.23. The number of aryl methyl sites for hydroxylation is 1. The molecule has 1 N–H and O–H groups in total. The van der Waals surface area contributed by atoms with E-state index in [9.17, 15) is 0 Å². The molecule has 1 aromatic rings. The maximum atomic E-state index is 5.27. The normalized spacial score (nSPS) is 18.1. The summed E-state index contributed by atoms with van der Waals surface area (Å²) in [5.74, 6) is 0. The Morgan fingerprint density at radius 3 is 2.76 bits per heavy atom. The van der Waals surface area contributed by atoms with Gasteiger partial charge in [-0.3, -0.25) is 4.90 Å². The summed E-state index contributed by atoms with van der Waals surface area (Å²) in [5, 5.41) is 3.61. The maximum absolute atomic E-state index is 5.27. The molecule has 0 aromatic heterocycles. The van der Waals surface area contributed by atoms with Gasteiger partial charge < -0.3 is 14.8 Å². The fourth-order valence-corrected chi connectivity index (χ4v) is 2.97. The number of fused-ring (bicyclic) bond motifs is 1. The Labute approximate surface area is 128 Å². The van der Waals surface area contributed by atoms with Gasteiger partial charge in [-0.1, -0.05) is 18.2 Å². The van der Waals surface area contributed by atoms with Crippen LogP contribution in [0, 0.1) is 0 Å². The molecule has 4 nitrogen and oxygen atoms in total. The van der Waals surface area contributed by atoms with Gasteiger partial charge in [0.25, 0.3) is 0 Å². The van der Waals surface area contributed by atoms with Crippen LogP contribution in [-0.4, -0.2) is 58.0 Å². The van der Waals surface area contributed by atoms with Gasteiger partial charge in [0, 0.05) is 52.2 Å². The Hall–Kier alpha value is -1.10. The molecule has 0 saturated heterocycles. The molecule has 118 valence electrons. The van der Waals surface area contributed by atoms with Crippen molar-refractivity contribution in [1.82, 2.24) is 4.90 Å². The molecule has 0 amide bonds. The molecule has 0 radical (unpaired) electrons. The van der Waals surface area contributed by atoms with E-state index in [1.807, 2.05) is 0 Å². The van der Waals surface area contributed by atoms with E-state index in [1.165, 1.54) is 17.7 Å². The smallest absolute Gasteiger partial charge is 0.0589 e. The highest BCUT2D eigenvalue weighted by molar-refractivity contribution is 5.52. The molecule has 1 atom stereocenters. The summed E-state index contributed by atoms with van der Waals surface area (Å²) < 4.78 is 10.5. The van der Waals surface area contributed by atoms with Crippen LogP contribution < -0.4 is 5.32 Å². The molecule has 0 fully saturated rings. The Morgan fingerprint density at radius 2 is 1.95 bits per heavy atom. The van der Waals surface area contributed by atoms with Gasteiger partial charge in [0.15, 0.2) is 0 Å². The molecule has 21 heavy (non-hydrogen) atoms. The second-order valence-corrected chi connectivity index (χ2v) is 5.61. The van der Waals surface area contributed by atoms with Gasteiger partial charge in [-0.25, -0.2) is 0 Å². The van der Waals surface area contributed by atoms with Crippen LogP contribution >= 0.6 is 0 Å². The number of nitrogens with zero attached hydrogens (tertiary/aromatic N) is 1. The van der Waals surface area contributed by atoms with Gasteiger partial charge >= 0.3 is 0 Å². The van der Waals surface area contributed by atoms with E-state index in [0.29, 0.717) is 6.04 Å². The molecule has 1 heterocycles. The third kappa shape index (κ3) is 4.99. The first-order valence-corrected chi connectivity index (χ1v) is 7.89. The molecule has 2 rings (SSSR count). The molecule has 0 bridgehead atoms. The SMILES string of the molecule is COCCCN(CCOC)C1CCc2ccccc2NC1. The van der Waals surface area contributed by atoms with E-state index in [1.54, 1.807) is 14.2 Å². The van der Waals surface area contributed by atoms with E-state index in [2.05, 4.69) is 34.5 Å². The first kappa shape index (κ1) is 16.3. The van der Waals surface area contributed by atoms with E-state index in [4.69, 9.17) is 9.47 Å². The monoisotopic (exact) mass is 292 g/mol. The summed E-state index contributed by atoms with van der Waals surface area (Å²) in [4.78, 5) is 2.54. The third-order valence-electron chi connectivity index (χ3n) is 4.19. The van der Waals surface area contributed by atoms with Gasteiger partial charge in [-0.05, 0) is 30.9 Å². The molecule has 1 aliphatic rings. The third-order valence-corrected chi connectivity index (χ3v) is 4.19. The van der Waals surface area contributed by atoms with Gasteiger partial charge in [-0.15, -0.1) is 0 Å². The average molecular weight is 292 g/mol. The van der Waals surface area contributed by atoms with Crippen molar-refractivity contribution >= 4 is 5.69 Å². The van der Waals surface area contributed by atoms with Crippen LogP contribution in [0.3, 0.4) is 0 Å². The van der Waals surface area contributed by atoms with E-state index >= 15 is 0 Å². The highest BCUT2D eigenvalue weighted by atomic mass is 16.5. The molecule has 0 aliphatic carbocycles. The van der Waals surface area contributed by atoms with Gasteiger partial charge in [-0.2, -0.15) is 0 Å². The topological polar surface area (TPSA) is 33.7 Å². The molecular formula is C17H28N2O2. The number of methoxy groups -OCH3 is 2. The summed E-state index contributed by atoms with van der Waals surface area (Å²) >= 11 is 0. The number of ether oxygens (including phenoxy) is 2. The van der Waals surface area contributed by atoms with Crippen molar-refractivity contribution in [3.8, 4) is 0 Å². The minimum Gasteiger partial charge on any atom is -0.385 e. The predicted octanol–water partition coefficient (Wildman–Crippen LogP) is 2.40. The minimum atomic E-state index is 0.560. The van der Waals surface area contributed by atoms with Crippen molar-refractivity contribution in [1.29, 1.82) is 0 Å². The summed E-state index contributed by atoms with van der Waals surface area (Å²) in [6, 6.07) is 9.21. The van der Waals surface area contributed by atoms with Crippen molar-refractivity contribution in [2.45, 2.75) is 25.3 Å². The van der Waals surface area contributed by atoms with E-state index < -0.39 is 0 Å². The maximum Gasteiger partial charge on any atom is 0.0589 e. The lowest BCUT2D eigenvalue weighted by molar-refractivity contribution is 0.107. The lowest BCUT2D eigenvalue weighted by Crippen LogP contribution is -2.42. The zero-order valence-electron chi connectivity index (χ0n) is 13.3. The van der Waals surface area contributed by atoms with Crippen molar-refractivity contribution in [2.75, 3.05) is 52.4 Å². The Kier molecular flexibility index (Phi) is 7.00. The summed E-state index contributed by atoms with van der Waals surface area (Å²) in [6.45, 7) is 4.68. The molecule has 1 aliphatic heterocycles. The van der Waals surface area contributed by atoms with Crippen LogP contribution in [0.4, 0.5) is 5.69 Å². The zero-order valence-corrected chi connectivity index (χ0v) is 13.3. The number of benzene rings is 1. The summed E-state index contributed by atoms with van der Waals surface area (Å²) in [6.07, 6.45) is 3.41. The second kappa shape index (κ2) is 9.03. The predicted molar refractivity (Wildman–Crippen MR) is 87.0 cm³/mol. The van der Waals surface area contributed by atoms with Crippen LogP contribution in [0.25, 0.3) is 0 Å². The Balaban J connectivity index is 1.93. The molecule has 0 saturated carbocycles. The molecule has 0 spiro atoms. The molecule has 4 heteroatoms. The first-order chi connectivity index (χ1) is 10.3. The summed E-state index contributed by atoms with van der Waals surface area (Å²) in [5.41, 5.74) is 2.73. The average Bonchev–Trinajstić information content (AvgIpc) is 2.73. The summed E-state index contributed by atoms with van der Waals surface area (Å²) in [7, 11) is 3.54. The van der Waals surface area contributed by atoms with Crippen LogP contribution in [0.5, 0.6) is 0 Å². The lowest BCUT2D eigenvalue weighted by atomic mass is 10.1. The second-order valence-electron chi connectivity index (χ2n) is 5.61. The highest BCUT2D eigenvalue weighted by Gasteiger charge is 2.21. The number of anilines is 1. The minimum absolute atomic E-state index is 0.560. The van der Waals surface area contributed by atoms with E-state index in [0.717, 1.165) is 45.7 Å². The van der Waals surface area contributed by atoms with Gasteiger partial charge in [0.05, 0.1) is 6.61 Å². The van der Waals surface area contributed by atoms with Crippen molar-refractivity contribution in [3.63, 3.8) is 0 Å². The molecule has 1 aromatic carbocycles. The number of hydrogen-bond donors (Lipinski definition) is 1. The first-order valence-electron chi connectivity index (χ1n) is 7.89. The number of rotatable bonds is 8. The van der Waals surface area contributed by atoms with Crippen LogP contribution in [0.15, 0.2) is 24.3 Å². The number of nitrogens with one attached hydrogen (secondary N) is 1. The largest absolute Gasteiger partial charge is 0.385 e. The standard InChI is InChI=1S/C17H28N2O2/c1-20-12-5-10-19(11-13-21-2)16-9-8-15-6-3-4-7-17(15)18-14-16/h3-4,6-7,16,18H,5,8-14H2,1-2H3. The van der Waals surface area contributed by atoms with Crippen LogP contribution in [0.1, 0.15) is 18.4 Å². The van der Waals surface area contributed by atoms with Crippen LogP contribution in [-0.2, 0) is 15.9 Å². The Bertz CT molecular complexity index is 385. The van der Waals surface area contributed by atoms with Gasteiger partial charge in [0.2, 0.25) is 0 Å².